The second kappa shape index (κ2) is 16.1. The molecule has 0 saturated heterocycles. The van der Waals surface area contributed by atoms with E-state index < -0.39 is 14.2 Å². The van der Waals surface area contributed by atoms with E-state index in [-0.39, 0.29) is 0 Å². The van der Waals surface area contributed by atoms with Crippen LogP contribution in [0.25, 0.3) is 0 Å². The second-order valence-electron chi connectivity index (χ2n) is 5.62. The van der Waals surface area contributed by atoms with Crippen LogP contribution in [0, 0.1) is 0 Å². The number of hydrogen-bond donors (Lipinski definition) is 5. The van der Waals surface area contributed by atoms with E-state index in [1.165, 1.54) is 0 Å². The Balaban J connectivity index is 5.49. The molecule has 0 bridgehead atoms. The Morgan fingerprint density at radius 2 is 0.577 bits per heavy atom. The third-order valence-corrected chi connectivity index (χ3v) is 9.59. The molecule has 0 aliphatic rings. The third kappa shape index (κ3) is 10.5. The van der Waals surface area contributed by atoms with Gasteiger partial charge in [0.05, 0.1) is 0 Å². The van der Waals surface area contributed by atoms with Gasteiger partial charge >= 0.3 is 159 Å². The van der Waals surface area contributed by atoms with Gasteiger partial charge in [0.2, 0.25) is 0 Å². The van der Waals surface area contributed by atoms with Gasteiger partial charge in [-0.2, -0.15) is 0 Å². The monoisotopic (exact) mass is 445 g/mol. The first-order valence-electron chi connectivity index (χ1n) is 9.40. The molecular weight excluding hydrogens is 405 g/mol. The molecule has 26 heavy (non-hydrogen) atoms. The van der Waals surface area contributed by atoms with Gasteiger partial charge < -0.3 is 0 Å². The number of hydrogen-bond acceptors (Lipinski definition) is 10. The summed E-state index contributed by atoms with van der Waals surface area (Å²) in [6.45, 7) is 3.87. The topological polar surface area (TPSA) is 176 Å². The SMILES string of the molecule is NCCCO[As](OCCCN)(OCCCN)(OCCCN)OCCCN. The summed E-state index contributed by atoms with van der Waals surface area (Å²) in [5.74, 6) is 0. The standard InChI is InChI=1S/C15H40AsN5O5/c17-6-1-11-22-16(23-12-2-7-18,24-13-3-8-19,25-14-4-9-20)26-15-5-10-21/h1-15,17-21H2. The first-order chi connectivity index (χ1) is 12.6. The van der Waals surface area contributed by atoms with Crippen molar-refractivity contribution in [3.63, 3.8) is 0 Å². The summed E-state index contributed by atoms with van der Waals surface area (Å²) in [6, 6.07) is 0. The molecule has 10 N–H and O–H groups in total. The molecule has 11 heteroatoms. The van der Waals surface area contributed by atoms with Crippen LogP contribution in [0.2, 0.25) is 0 Å². The fourth-order valence-electron chi connectivity index (χ4n) is 1.86. The minimum atomic E-state index is -4.98. The maximum atomic E-state index is 6.09. The molecule has 0 aromatic rings. The summed E-state index contributed by atoms with van der Waals surface area (Å²) in [5.41, 5.74) is 28.0. The van der Waals surface area contributed by atoms with E-state index in [1.54, 1.807) is 0 Å². The molecule has 0 aliphatic heterocycles. The van der Waals surface area contributed by atoms with Gasteiger partial charge in [-0.25, -0.2) is 0 Å². The van der Waals surface area contributed by atoms with Crippen molar-refractivity contribution >= 4 is 14.2 Å². The average Bonchev–Trinajstić information content (AvgIpc) is 2.63. The second-order valence-corrected chi connectivity index (χ2v) is 11.5. The third-order valence-electron chi connectivity index (χ3n) is 3.25. The van der Waals surface area contributed by atoms with Gasteiger partial charge in [-0.05, 0) is 0 Å². The predicted octanol–water partition coefficient (Wildman–Crippen LogP) is -1.30. The van der Waals surface area contributed by atoms with Gasteiger partial charge in [0.25, 0.3) is 0 Å². The van der Waals surface area contributed by atoms with E-state index in [1.807, 2.05) is 0 Å². The quantitative estimate of drug-likeness (QED) is 0.112. The molecule has 0 aromatic carbocycles. The van der Waals surface area contributed by atoms with Crippen LogP contribution in [0.4, 0.5) is 0 Å². The van der Waals surface area contributed by atoms with Gasteiger partial charge in [0.15, 0.2) is 0 Å². The van der Waals surface area contributed by atoms with Crippen LogP contribution in [0.1, 0.15) is 32.1 Å². The van der Waals surface area contributed by atoms with Crippen LogP contribution >= 0.6 is 0 Å². The molecule has 0 heterocycles. The maximum absolute atomic E-state index is 6.09. The summed E-state index contributed by atoms with van der Waals surface area (Å²) >= 11 is -4.98. The van der Waals surface area contributed by atoms with Crippen LogP contribution in [-0.2, 0) is 18.6 Å². The van der Waals surface area contributed by atoms with Crippen LogP contribution in [-0.4, -0.2) is 79.9 Å². The average molecular weight is 445 g/mol. The number of nitrogens with two attached hydrogens (primary N) is 5. The molecule has 0 saturated carbocycles. The predicted molar refractivity (Wildman–Crippen MR) is 104 cm³/mol. The van der Waals surface area contributed by atoms with Crippen molar-refractivity contribution in [1.29, 1.82) is 0 Å². The summed E-state index contributed by atoms with van der Waals surface area (Å²) < 4.78 is 30.5. The fourth-order valence-corrected chi connectivity index (χ4v) is 7.90. The Morgan fingerprint density at radius 1 is 0.385 bits per heavy atom. The van der Waals surface area contributed by atoms with E-state index in [4.69, 9.17) is 47.3 Å². The Labute approximate surface area is 159 Å². The molecule has 0 aliphatic carbocycles. The zero-order valence-corrected chi connectivity index (χ0v) is 17.9. The van der Waals surface area contributed by atoms with Gasteiger partial charge in [-0.15, -0.1) is 0 Å². The van der Waals surface area contributed by atoms with Crippen molar-refractivity contribution < 1.29 is 18.6 Å². The van der Waals surface area contributed by atoms with E-state index in [9.17, 15) is 0 Å². The van der Waals surface area contributed by atoms with Gasteiger partial charge in [-0.3, -0.25) is 0 Å². The summed E-state index contributed by atoms with van der Waals surface area (Å²) in [7, 11) is 0. The first kappa shape index (κ1) is 26.2. The molecule has 10 nitrogen and oxygen atoms in total. The molecule has 0 rings (SSSR count). The van der Waals surface area contributed by atoms with Gasteiger partial charge in [-0.1, -0.05) is 0 Å². The zero-order chi connectivity index (χ0) is 19.6. The van der Waals surface area contributed by atoms with Crippen LogP contribution < -0.4 is 28.7 Å². The molecule has 160 valence electrons. The first-order valence-corrected chi connectivity index (χ1v) is 13.2. The molecule has 0 aromatic heterocycles. The number of rotatable bonds is 20. The minimum absolute atomic E-state index is 0.304. The van der Waals surface area contributed by atoms with Crippen molar-refractivity contribution in [1.82, 2.24) is 0 Å². The summed E-state index contributed by atoms with van der Waals surface area (Å²) in [4.78, 5) is 0. The normalized spacial score (nSPS) is 13.7. The van der Waals surface area contributed by atoms with E-state index >= 15 is 0 Å². The van der Waals surface area contributed by atoms with Crippen molar-refractivity contribution in [2.24, 2.45) is 28.7 Å². The zero-order valence-electron chi connectivity index (χ0n) is 16.0. The van der Waals surface area contributed by atoms with E-state index in [0.717, 1.165) is 0 Å². The van der Waals surface area contributed by atoms with Crippen molar-refractivity contribution in [2.45, 2.75) is 32.1 Å². The Kier molecular flexibility index (Phi) is 16.2. The Bertz CT molecular complexity index is 255. The molecule has 0 unspecified atom stereocenters. The van der Waals surface area contributed by atoms with Crippen molar-refractivity contribution in [2.75, 3.05) is 65.8 Å². The fraction of sp³-hybridized carbons (Fsp3) is 1.00. The molecule has 0 fully saturated rings. The molecule has 0 radical (unpaired) electrons. The van der Waals surface area contributed by atoms with E-state index in [0.29, 0.717) is 97.9 Å². The molecular formula is C15H40AsN5O5. The van der Waals surface area contributed by atoms with Gasteiger partial charge in [0.1, 0.15) is 0 Å². The van der Waals surface area contributed by atoms with Crippen LogP contribution in [0.3, 0.4) is 0 Å². The Morgan fingerprint density at radius 3 is 0.731 bits per heavy atom. The van der Waals surface area contributed by atoms with Crippen molar-refractivity contribution in [3.8, 4) is 0 Å². The molecule has 0 spiro atoms. The summed E-state index contributed by atoms with van der Waals surface area (Å²) in [6.07, 6.45) is 3.11. The van der Waals surface area contributed by atoms with E-state index in [2.05, 4.69) is 0 Å². The van der Waals surface area contributed by atoms with Crippen LogP contribution in [0.5, 0.6) is 0 Å². The molecule has 0 atom stereocenters. The van der Waals surface area contributed by atoms with Crippen LogP contribution in [0.15, 0.2) is 0 Å². The molecule has 0 amide bonds. The van der Waals surface area contributed by atoms with Crippen molar-refractivity contribution in [3.05, 3.63) is 0 Å². The van der Waals surface area contributed by atoms with Gasteiger partial charge in [0, 0.05) is 0 Å². The Hall–Kier alpha value is 0.158. The summed E-state index contributed by atoms with van der Waals surface area (Å²) in [5, 5.41) is 0.